The van der Waals surface area contributed by atoms with Gasteiger partial charge in [0.2, 0.25) is 5.88 Å². The van der Waals surface area contributed by atoms with Crippen molar-refractivity contribution in [1.82, 2.24) is 4.98 Å². The highest BCUT2D eigenvalue weighted by atomic mass is 32.2. The third-order valence-corrected chi connectivity index (χ3v) is 7.27. The van der Waals surface area contributed by atoms with Gasteiger partial charge in [-0.05, 0) is 48.7 Å². The first kappa shape index (κ1) is 26.2. The monoisotopic (exact) mass is 544 g/mol. The summed E-state index contributed by atoms with van der Waals surface area (Å²) in [6.07, 6.45) is 2.43. The Morgan fingerprint density at radius 3 is 2.24 bits per heavy atom. The molecular weight excluding hydrogens is 521 g/mol. The lowest BCUT2D eigenvalue weighted by Crippen LogP contribution is -2.34. The Morgan fingerprint density at radius 2 is 1.63 bits per heavy atom. The average Bonchev–Trinajstić information content (AvgIpc) is 3.37. The van der Waals surface area contributed by atoms with Gasteiger partial charge in [0.1, 0.15) is 23.1 Å². The second-order valence-corrected chi connectivity index (χ2v) is 10.1. The van der Waals surface area contributed by atoms with Gasteiger partial charge < -0.3 is 18.4 Å². The number of nitrogens with zero attached hydrogens (tertiary/aromatic N) is 2. The minimum Gasteiger partial charge on any atom is -0.457 e. The Bertz CT molecular complexity index is 1340. The van der Waals surface area contributed by atoms with Crippen molar-refractivity contribution >= 4 is 11.1 Å². The number of ether oxygens (including phenoxy) is 3. The van der Waals surface area contributed by atoms with Crippen LogP contribution in [0.2, 0.25) is 0 Å². The van der Waals surface area contributed by atoms with Gasteiger partial charge in [0, 0.05) is 30.0 Å². The number of alkyl halides is 3. The minimum atomic E-state index is -5.13. The molecule has 1 aliphatic carbocycles. The van der Waals surface area contributed by atoms with Crippen LogP contribution < -0.4 is 8.92 Å². The van der Waals surface area contributed by atoms with Crippen LogP contribution in [0, 0.1) is 11.3 Å². The van der Waals surface area contributed by atoms with E-state index in [0.29, 0.717) is 67.2 Å². The predicted octanol–water partition coefficient (Wildman–Crippen LogP) is 6.38. The molecule has 1 unspecified atom stereocenters. The summed E-state index contributed by atoms with van der Waals surface area (Å²) in [5, 5.41) is 9.86. The fourth-order valence-corrected chi connectivity index (χ4v) is 5.09. The van der Waals surface area contributed by atoms with E-state index in [9.17, 15) is 22.6 Å². The van der Waals surface area contributed by atoms with Crippen LogP contribution in [0.4, 0.5) is 13.2 Å². The van der Waals surface area contributed by atoms with Gasteiger partial charge in [-0.15, -0.1) is 0 Å². The second-order valence-electron chi connectivity index (χ2n) is 8.97. The van der Waals surface area contributed by atoms with E-state index in [-0.39, 0.29) is 11.5 Å². The van der Waals surface area contributed by atoms with Crippen molar-refractivity contribution in [2.75, 3.05) is 13.2 Å². The Hall–Kier alpha value is -3.46. The van der Waals surface area contributed by atoms with Crippen molar-refractivity contribution in [3.63, 3.8) is 0 Å². The number of hydrogen-bond donors (Lipinski definition) is 0. The van der Waals surface area contributed by atoms with E-state index >= 15 is 0 Å². The van der Waals surface area contributed by atoms with Crippen molar-refractivity contribution in [2.45, 2.75) is 42.9 Å². The van der Waals surface area contributed by atoms with Crippen LogP contribution in [-0.4, -0.2) is 33.7 Å². The topological polar surface area (TPSA) is 90.7 Å². The number of rotatable bonds is 6. The Labute approximate surface area is 219 Å². The van der Waals surface area contributed by atoms with Gasteiger partial charge in [-0.2, -0.15) is 18.4 Å². The molecule has 2 aliphatic rings. The van der Waals surface area contributed by atoms with Crippen molar-refractivity contribution in [2.24, 2.45) is 0 Å². The van der Waals surface area contributed by atoms with E-state index in [1.54, 1.807) is 42.5 Å². The third kappa shape index (κ3) is 5.67. The van der Waals surface area contributed by atoms with E-state index in [1.165, 1.54) is 0 Å². The molecule has 11 heteroatoms. The lowest BCUT2D eigenvalue weighted by Gasteiger charge is -2.35. The van der Waals surface area contributed by atoms with E-state index in [0.717, 1.165) is 0 Å². The summed E-state index contributed by atoms with van der Waals surface area (Å²) >= 11 is -3.69. The molecule has 0 N–H and O–H groups in total. The highest BCUT2D eigenvalue weighted by Gasteiger charge is 2.42. The maximum atomic E-state index is 13.1. The summed E-state index contributed by atoms with van der Waals surface area (Å²) in [6.45, 7) is 1.05. The van der Waals surface area contributed by atoms with Crippen molar-refractivity contribution in [1.29, 1.82) is 5.26 Å². The fraction of sp³-hybridized carbons (Fsp3) is 0.333. The third-order valence-electron chi connectivity index (χ3n) is 6.58. The number of hydrogen-bond acceptors (Lipinski definition) is 7. The van der Waals surface area contributed by atoms with Gasteiger partial charge in [-0.3, -0.25) is 0 Å². The van der Waals surface area contributed by atoms with Gasteiger partial charge in [0.25, 0.3) is 0 Å². The summed E-state index contributed by atoms with van der Waals surface area (Å²) in [4.78, 5) is 4.25. The lowest BCUT2D eigenvalue weighted by atomic mass is 9.82. The number of aromatic nitrogens is 1. The highest BCUT2D eigenvalue weighted by Crippen LogP contribution is 2.44. The van der Waals surface area contributed by atoms with Gasteiger partial charge in [-0.1, -0.05) is 30.3 Å². The molecule has 1 aromatic heterocycles. The molecule has 1 spiro atoms. The lowest BCUT2D eigenvalue weighted by molar-refractivity contribution is -0.178. The molecule has 38 heavy (non-hydrogen) atoms. The molecule has 0 radical (unpaired) electrons. The van der Waals surface area contributed by atoms with Gasteiger partial charge >= 0.3 is 16.6 Å². The highest BCUT2D eigenvalue weighted by molar-refractivity contribution is 7.81. The number of pyridine rings is 1. The maximum absolute atomic E-state index is 13.1. The second kappa shape index (κ2) is 10.7. The van der Waals surface area contributed by atoms with Crippen LogP contribution in [0.1, 0.15) is 42.9 Å². The number of benzene rings is 2. The smallest absolute Gasteiger partial charge is 0.457 e. The zero-order valence-corrected chi connectivity index (χ0v) is 20.9. The van der Waals surface area contributed by atoms with Crippen LogP contribution >= 0.6 is 0 Å². The zero-order valence-electron chi connectivity index (χ0n) is 20.1. The normalized spacial score (nSPS) is 18.2. The van der Waals surface area contributed by atoms with Crippen LogP contribution in [0.15, 0.2) is 60.7 Å². The summed E-state index contributed by atoms with van der Waals surface area (Å²) in [7, 11) is 0. The predicted molar refractivity (Wildman–Crippen MR) is 132 cm³/mol. The van der Waals surface area contributed by atoms with Crippen molar-refractivity contribution in [3.05, 3.63) is 71.9 Å². The number of para-hydroxylation sites is 1. The molecule has 0 bridgehead atoms. The van der Waals surface area contributed by atoms with Gasteiger partial charge in [0.15, 0.2) is 5.79 Å². The van der Waals surface area contributed by atoms with E-state index in [4.69, 9.17) is 18.4 Å². The zero-order chi connectivity index (χ0) is 26.8. The van der Waals surface area contributed by atoms with E-state index < -0.39 is 28.3 Å². The van der Waals surface area contributed by atoms with Crippen LogP contribution in [0.5, 0.6) is 17.4 Å². The molecular formula is C27H23F3N2O5S. The first-order chi connectivity index (χ1) is 18.3. The molecule has 7 nitrogen and oxygen atoms in total. The van der Waals surface area contributed by atoms with Gasteiger partial charge in [0.05, 0.1) is 13.2 Å². The summed E-state index contributed by atoms with van der Waals surface area (Å²) in [6, 6.07) is 19.5. The molecule has 2 fully saturated rings. The molecule has 2 aromatic carbocycles. The SMILES string of the molecule is N#Cc1c(-c2ccc(Oc3ccccc3)cc2)cc(C2CCC3(CC2)OCCO3)nc1OS(=O)C(F)(F)F. The van der Waals surface area contributed by atoms with Crippen LogP contribution in [-0.2, 0) is 20.6 Å². The van der Waals surface area contributed by atoms with E-state index in [2.05, 4.69) is 4.98 Å². The average molecular weight is 545 g/mol. The van der Waals surface area contributed by atoms with Gasteiger partial charge in [-0.25, -0.2) is 9.19 Å². The largest absolute Gasteiger partial charge is 0.508 e. The Balaban J connectivity index is 1.49. The fourth-order valence-electron chi connectivity index (χ4n) is 4.73. The summed E-state index contributed by atoms with van der Waals surface area (Å²) < 4.78 is 73.1. The minimum absolute atomic E-state index is 0.137. The van der Waals surface area contributed by atoms with E-state index in [1.807, 2.05) is 24.3 Å². The molecule has 1 saturated heterocycles. The summed E-state index contributed by atoms with van der Waals surface area (Å²) in [5.74, 6) is -0.204. The molecule has 1 aliphatic heterocycles. The van der Waals surface area contributed by atoms with Crippen molar-refractivity contribution in [3.8, 4) is 34.6 Å². The Kier molecular flexibility index (Phi) is 7.38. The molecule has 2 heterocycles. The van der Waals surface area contributed by atoms with Crippen LogP contribution in [0.3, 0.4) is 0 Å². The van der Waals surface area contributed by atoms with Crippen molar-refractivity contribution < 1.29 is 35.8 Å². The quantitative estimate of drug-likeness (QED) is 0.356. The molecule has 3 aromatic rings. The van der Waals surface area contributed by atoms with Crippen LogP contribution in [0.25, 0.3) is 11.1 Å². The summed E-state index contributed by atoms with van der Waals surface area (Å²) in [5.41, 5.74) is -4.05. The number of nitriles is 1. The molecule has 5 rings (SSSR count). The maximum Gasteiger partial charge on any atom is 0.508 e. The molecule has 198 valence electrons. The molecule has 0 amide bonds. The molecule has 1 atom stereocenters. The number of halogens is 3. The first-order valence-electron chi connectivity index (χ1n) is 12.0. The first-order valence-corrected chi connectivity index (χ1v) is 13.1. The molecule has 1 saturated carbocycles. The Morgan fingerprint density at radius 1 is 1.00 bits per heavy atom. The standard InChI is InChI=1S/C27H23F3N2O5S/c28-27(29,30)38(33)37-25-23(17-31)22(18-6-8-21(9-7-18)36-20-4-2-1-3-5-20)16-24(32-25)19-10-12-26(13-11-19)34-14-15-35-26/h1-9,16,19H,10-15H2.